The SMILES string of the molecule is CCOc1cccc(CC(C)CNC)c1. The van der Waals surface area contributed by atoms with Crippen LogP contribution in [0.5, 0.6) is 5.75 Å². The maximum Gasteiger partial charge on any atom is 0.119 e. The van der Waals surface area contributed by atoms with Gasteiger partial charge in [-0.3, -0.25) is 0 Å². The van der Waals surface area contributed by atoms with Crippen LogP contribution in [-0.2, 0) is 6.42 Å². The summed E-state index contributed by atoms with van der Waals surface area (Å²) in [5, 5.41) is 3.20. The number of rotatable bonds is 6. The molecule has 1 N–H and O–H groups in total. The first-order valence-corrected chi connectivity index (χ1v) is 5.62. The van der Waals surface area contributed by atoms with Crippen molar-refractivity contribution in [3.63, 3.8) is 0 Å². The molecule has 0 fully saturated rings. The van der Waals surface area contributed by atoms with Crippen molar-refractivity contribution in [2.75, 3.05) is 20.2 Å². The monoisotopic (exact) mass is 207 g/mol. The second kappa shape index (κ2) is 6.46. The van der Waals surface area contributed by atoms with Crippen molar-refractivity contribution in [3.8, 4) is 5.75 Å². The molecule has 0 aromatic heterocycles. The highest BCUT2D eigenvalue weighted by Crippen LogP contribution is 2.16. The number of benzene rings is 1. The van der Waals surface area contributed by atoms with Gasteiger partial charge in [-0.15, -0.1) is 0 Å². The third-order valence-electron chi connectivity index (χ3n) is 2.35. The fraction of sp³-hybridized carbons (Fsp3) is 0.538. The van der Waals surface area contributed by atoms with E-state index in [1.54, 1.807) is 0 Å². The summed E-state index contributed by atoms with van der Waals surface area (Å²) in [5.74, 6) is 1.64. The molecular formula is C13H21NO. The summed E-state index contributed by atoms with van der Waals surface area (Å²) in [6.45, 7) is 6.05. The van der Waals surface area contributed by atoms with Crippen LogP contribution in [0, 0.1) is 5.92 Å². The van der Waals surface area contributed by atoms with Gasteiger partial charge in [-0.25, -0.2) is 0 Å². The Labute approximate surface area is 92.6 Å². The van der Waals surface area contributed by atoms with Gasteiger partial charge >= 0.3 is 0 Å². The predicted molar refractivity (Wildman–Crippen MR) is 64.4 cm³/mol. The molecule has 0 aliphatic carbocycles. The van der Waals surface area contributed by atoms with Gasteiger partial charge in [0.15, 0.2) is 0 Å². The summed E-state index contributed by atoms with van der Waals surface area (Å²) in [6.07, 6.45) is 1.10. The van der Waals surface area contributed by atoms with E-state index < -0.39 is 0 Å². The molecule has 1 unspecified atom stereocenters. The molecule has 1 rings (SSSR count). The van der Waals surface area contributed by atoms with E-state index in [0.717, 1.165) is 25.3 Å². The van der Waals surface area contributed by atoms with Crippen LogP contribution < -0.4 is 10.1 Å². The molecule has 0 radical (unpaired) electrons. The van der Waals surface area contributed by atoms with Gasteiger partial charge < -0.3 is 10.1 Å². The van der Waals surface area contributed by atoms with E-state index in [2.05, 4.69) is 30.4 Å². The zero-order valence-corrected chi connectivity index (χ0v) is 9.92. The van der Waals surface area contributed by atoms with Crippen molar-refractivity contribution in [2.45, 2.75) is 20.3 Å². The summed E-state index contributed by atoms with van der Waals surface area (Å²) in [6, 6.07) is 8.37. The van der Waals surface area contributed by atoms with Gasteiger partial charge in [0.05, 0.1) is 6.61 Å². The molecule has 1 aromatic carbocycles. The molecule has 0 aliphatic rings. The summed E-state index contributed by atoms with van der Waals surface area (Å²) in [5.41, 5.74) is 1.35. The molecule has 15 heavy (non-hydrogen) atoms. The lowest BCUT2D eigenvalue weighted by molar-refractivity contribution is 0.339. The van der Waals surface area contributed by atoms with Gasteiger partial charge in [0, 0.05) is 0 Å². The second-order valence-electron chi connectivity index (χ2n) is 3.95. The largest absolute Gasteiger partial charge is 0.494 e. The normalized spacial score (nSPS) is 12.5. The summed E-state index contributed by atoms with van der Waals surface area (Å²) in [4.78, 5) is 0. The van der Waals surface area contributed by atoms with Crippen molar-refractivity contribution in [2.24, 2.45) is 5.92 Å². The number of hydrogen-bond donors (Lipinski definition) is 1. The Morgan fingerprint density at radius 2 is 2.20 bits per heavy atom. The van der Waals surface area contributed by atoms with Crippen molar-refractivity contribution >= 4 is 0 Å². The number of nitrogens with one attached hydrogen (secondary N) is 1. The smallest absolute Gasteiger partial charge is 0.119 e. The minimum atomic E-state index is 0.659. The van der Waals surface area contributed by atoms with Crippen LogP contribution in [0.25, 0.3) is 0 Å². The molecule has 0 aliphatic heterocycles. The topological polar surface area (TPSA) is 21.3 Å². The van der Waals surface area contributed by atoms with Crippen LogP contribution in [0.3, 0.4) is 0 Å². The molecule has 1 atom stereocenters. The maximum atomic E-state index is 5.47. The Hall–Kier alpha value is -1.02. The van der Waals surface area contributed by atoms with Gasteiger partial charge in [0.1, 0.15) is 5.75 Å². The first-order valence-electron chi connectivity index (χ1n) is 5.62. The predicted octanol–water partition coefficient (Wildman–Crippen LogP) is 2.48. The molecule has 0 saturated carbocycles. The van der Waals surface area contributed by atoms with Gasteiger partial charge in [0.25, 0.3) is 0 Å². The molecule has 1 aromatic rings. The summed E-state index contributed by atoms with van der Waals surface area (Å²) < 4.78 is 5.47. The molecular weight excluding hydrogens is 186 g/mol. The van der Waals surface area contributed by atoms with Crippen LogP contribution in [0.2, 0.25) is 0 Å². The molecule has 2 heteroatoms. The van der Waals surface area contributed by atoms with Gasteiger partial charge in [-0.05, 0) is 50.6 Å². The van der Waals surface area contributed by atoms with E-state index in [9.17, 15) is 0 Å². The third-order valence-corrected chi connectivity index (χ3v) is 2.35. The van der Waals surface area contributed by atoms with Gasteiger partial charge in [0.2, 0.25) is 0 Å². The highest BCUT2D eigenvalue weighted by atomic mass is 16.5. The van der Waals surface area contributed by atoms with Crippen LogP contribution in [0.4, 0.5) is 0 Å². The molecule has 0 heterocycles. The van der Waals surface area contributed by atoms with E-state index in [1.165, 1.54) is 5.56 Å². The van der Waals surface area contributed by atoms with Crippen molar-refractivity contribution in [1.29, 1.82) is 0 Å². The first-order chi connectivity index (χ1) is 7.26. The minimum Gasteiger partial charge on any atom is -0.494 e. The van der Waals surface area contributed by atoms with Crippen molar-refractivity contribution in [1.82, 2.24) is 5.32 Å². The average molecular weight is 207 g/mol. The lowest BCUT2D eigenvalue weighted by atomic mass is 10.0. The van der Waals surface area contributed by atoms with Crippen molar-refractivity contribution < 1.29 is 4.74 Å². The standard InChI is InChI=1S/C13H21NO/c1-4-15-13-7-5-6-12(9-13)8-11(2)10-14-3/h5-7,9,11,14H,4,8,10H2,1-3H3. The number of hydrogen-bond acceptors (Lipinski definition) is 2. The zero-order valence-electron chi connectivity index (χ0n) is 9.92. The first kappa shape index (κ1) is 12.1. The fourth-order valence-electron chi connectivity index (χ4n) is 1.75. The van der Waals surface area contributed by atoms with Gasteiger partial charge in [-0.1, -0.05) is 19.1 Å². The van der Waals surface area contributed by atoms with Crippen molar-refractivity contribution in [3.05, 3.63) is 29.8 Å². The van der Waals surface area contributed by atoms with Gasteiger partial charge in [-0.2, -0.15) is 0 Å². The Morgan fingerprint density at radius 1 is 1.40 bits per heavy atom. The quantitative estimate of drug-likeness (QED) is 0.773. The average Bonchev–Trinajstić information content (AvgIpc) is 2.19. The van der Waals surface area contributed by atoms with Crippen LogP contribution in [-0.4, -0.2) is 20.2 Å². The number of ether oxygens (including phenoxy) is 1. The second-order valence-corrected chi connectivity index (χ2v) is 3.95. The maximum absolute atomic E-state index is 5.47. The van der Waals surface area contributed by atoms with E-state index in [1.807, 2.05) is 20.0 Å². The summed E-state index contributed by atoms with van der Waals surface area (Å²) in [7, 11) is 1.99. The minimum absolute atomic E-state index is 0.659. The fourth-order valence-corrected chi connectivity index (χ4v) is 1.75. The molecule has 0 bridgehead atoms. The molecule has 0 saturated heterocycles. The lowest BCUT2D eigenvalue weighted by Crippen LogP contribution is -2.17. The Kier molecular flexibility index (Phi) is 5.19. The molecule has 84 valence electrons. The third kappa shape index (κ3) is 4.34. The van der Waals surface area contributed by atoms with E-state index >= 15 is 0 Å². The van der Waals surface area contributed by atoms with E-state index in [-0.39, 0.29) is 0 Å². The summed E-state index contributed by atoms with van der Waals surface area (Å²) >= 11 is 0. The molecule has 2 nitrogen and oxygen atoms in total. The van der Waals surface area contributed by atoms with Crippen LogP contribution in [0.1, 0.15) is 19.4 Å². The zero-order chi connectivity index (χ0) is 11.1. The molecule has 0 spiro atoms. The van der Waals surface area contributed by atoms with E-state index in [4.69, 9.17) is 4.74 Å². The van der Waals surface area contributed by atoms with Crippen LogP contribution in [0.15, 0.2) is 24.3 Å². The Balaban J connectivity index is 2.56. The lowest BCUT2D eigenvalue weighted by Gasteiger charge is -2.11. The van der Waals surface area contributed by atoms with E-state index in [0.29, 0.717) is 5.92 Å². The highest BCUT2D eigenvalue weighted by Gasteiger charge is 2.03. The molecule has 0 amide bonds. The highest BCUT2D eigenvalue weighted by molar-refractivity contribution is 5.28. The Bertz CT molecular complexity index is 286. The van der Waals surface area contributed by atoms with Crippen LogP contribution >= 0.6 is 0 Å². The Morgan fingerprint density at radius 3 is 2.87 bits per heavy atom.